The predicted molar refractivity (Wildman–Crippen MR) is 131 cm³/mol. The fraction of sp³-hybridized carbons (Fsp3) is 0.286. The number of hydrogen-bond acceptors (Lipinski definition) is 5. The first-order valence-electron chi connectivity index (χ1n) is 11.7. The Morgan fingerprint density at radius 3 is 2.38 bits per heavy atom. The molecule has 0 saturated carbocycles. The normalized spacial score (nSPS) is 19.2. The van der Waals surface area contributed by atoms with Crippen molar-refractivity contribution in [2.75, 3.05) is 20.2 Å². The highest BCUT2D eigenvalue weighted by molar-refractivity contribution is 5.97. The van der Waals surface area contributed by atoms with Crippen molar-refractivity contribution in [3.05, 3.63) is 95.1 Å². The van der Waals surface area contributed by atoms with Crippen LogP contribution in [0.4, 0.5) is 0 Å². The molecule has 2 fully saturated rings. The summed E-state index contributed by atoms with van der Waals surface area (Å²) in [7, 11) is 1.32. The lowest BCUT2D eigenvalue weighted by molar-refractivity contribution is 0.0600. The second-order valence-electron chi connectivity index (χ2n) is 9.08. The molecule has 174 valence electrons. The Hall–Kier alpha value is -3.48. The predicted octanol–water partition coefficient (Wildman–Crippen LogP) is 3.62. The standard InChI is InChI=1S/C28H29N3O3/c1-34-28(33)24-10-4-9-23(13-24)27(32)30-15-19-5-2-7-21(11-19)22-8-3-6-20(12-22)17-31-18-25-14-26(31)16-29-25/h2-13,25-26,29H,14-18H2,1H3,(H,30,32)/t25-,26?/m0/s1. The number of fused-ring (bicyclic) bond motifs is 2. The highest BCUT2D eigenvalue weighted by Crippen LogP contribution is 2.27. The van der Waals surface area contributed by atoms with E-state index in [1.54, 1.807) is 24.3 Å². The quantitative estimate of drug-likeness (QED) is 0.533. The van der Waals surface area contributed by atoms with Crippen molar-refractivity contribution in [2.24, 2.45) is 0 Å². The van der Waals surface area contributed by atoms with E-state index >= 15 is 0 Å². The molecule has 2 bridgehead atoms. The molecule has 0 aliphatic carbocycles. The highest BCUT2D eigenvalue weighted by atomic mass is 16.5. The topological polar surface area (TPSA) is 70.7 Å². The summed E-state index contributed by atoms with van der Waals surface area (Å²) in [6.45, 7) is 3.62. The Kier molecular flexibility index (Phi) is 6.43. The van der Waals surface area contributed by atoms with Gasteiger partial charge in [-0.2, -0.15) is 0 Å². The van der Waals surface area contributed by atoms with Gasteiger partial charge in [-0.15, -0.1) is 0 Å². The number of piperazine rings is 1. The summed E-state index contributed by atoms with van der Waals surface area (Å²) >= 11 is 0. The van der Waals surface area contributed by atoms with Crippen molar-refractivity contribution in [1.82, 2.24) is 15.5 Å². The van der Waals surface area contributed by atoms with Crippen LogP contribution in [0.3, 0.4) is 0 Å². The average Bonchev–Trinajstić information content (AvgIpc) is 3.51. The third-order valence-corrected chi connectivity index (χ3v) is 6.74. The van der Waals surface area contributed by atoms with Gasteiger partial charge in [-0.25, -0.2) is 4.79 Å². The van der Waals surface area contributed by atoms with Crippen molar-refractivity contribution >= 4 is 11.9 Å². The van der Waals surface area contributed by atoms with Gasteiger partial charge in [-0.1, -0.05) is 42.5 Å². The lowest BCUT2D eigenvalue weighted by Crippen LogP contribution is -2.42. The number of ether oxygens (including phenoxy) is 1. The molecule has 6 nitrogen and oxygen atoms in total. The first-order chi connectivity index (χ1) is 16.6. The Balaban J connectivity index is 1.24. The average molecular weight is 456 g/mol. The monoisotopic (exact) mass is 455 g/mol. The molecule has 2 heterocycles. The first-order valence-corrected chi connectivity index (χ1v) is 11.7. The molecule has 2 atom stereocenters. The van der Waals surface area contributed by atoms with E-state index < -0.39 is 5.97 Å². The van der Waals surface area contributed by atoms with Crippen LogP contribution in [0.2, 0.25) is 0 Å². The number of carbonyl (C=O) groups excluding carboxylic acids is 2. The van der Waals surface area contributed by atoms with E-state index in [9.17, 15) is 9.59 Å². The molecule has 2 N–H and O–H groups in total. The number of nitrogens with zero attached hydrogens (tertiary/aromatic N) is 1. The van der Waals surface area contributed by atoms with Gasteiger partial charge in [-0.3, -0.25) is 9.69 Å². The lowest BCUT2D eigenvalue weighted by Gasteiger charge is -2.27. The van der Waals surface area contributed by atoms with Gasteiger partial charge in [-0.05, 0) is 59.0 Å². The third kappa shape index (κ3) is 4.88. The van der Waals surface area contributed by atoms with Crippen LogP contribution in [0, 0.1) is 0 Å². The summed E-state index contributed by atoms with van der Waals surface area (Å²) in [5, 5.41) is 6.51. The van der Waals surface area contributed by atoms with Gasteiger partial charge in [0.1, 0.15) is 0 Å². The Bertz CT molecular complexity index is 1210. The Morgan fingerprint density at radius 2 is 1.68 bits per heavy atom. The van der Waals surface area contributed by atoms with Crippen LogP contribution < -0.4 is 10.6 Å². The SMILES string of the molecule is COC(=O)c1cccc(C(=O)NCc2cccc(-c3cccc(CN4C[C@@H]5CC4CN5)c3)c2)c1. The van der Waals surface area contributed by atoms with Gasteiger partial charge in [0.15, 0.2) is 0 Å². The van der Waals surface area contributed by atoms with Gasteiger partial charge in [0.05, 0.1) is 12.7 Å². The summed E-state index contributed by atoms with van der Waals surface area (Å²) in [5.41, 5.74) is 5.44. The van der Waals surface area contributed by atoms with Crippen LogP contribution in [0.25, 0.3) is 11.1 Å². The summed E-state index contributed by atoms with van der Waals surface area (Å²) in [6.07, 6.45) is 1.26. The second-order valence-corrected chi connectivity index (χ2v) is 9.08. The van der Waals surface area contributed by atoms with Crippen LogP contribution in [-0.2, 0) is 17.8 Å². The first kappa shape index (κ1) is 22.3. The zero-order valence-corrected chi connectivity index (χ0v) is 19.3. The molecular formula is C28H29N3O3. The third-order valence-electron chi connectivity index (χ3n) is 6.74. The largest absolute Gasteiger partial charge is 0.465 e. The van der Waals surface area contributed by atoms with Gasteiger partial charge < -0.3 is 15.4 Å². The highest BCUT2D eigenvalue weighted by Gasteiger charge is 2.37. The van der Waals surface area contributed by atoms with Crippen LogP contribution in [0.1, 0.15) is 38.3 Å². The number of benzene rings is 3. The minimum absolute atomic E-state index is 0.229. The van der Waals surface area contributed by atoms with Crippen LogP contribution >= 0.6 is 0 Å². The van der Waals surface area contributed by atoms with Crippen LogP contribution in [0.5, 0.6) is 0 Å². The smallest absolute Gasteiger partial charge is 0.337 e. The number of hydrogen-bond donors (Lipinski definition) is 2. The van der Waals surface area contributed by atoms with E-state index in [1.165, 1.54) is 24.7 Å². The molecule has 2 aliphatic rings. The number of amides is 1. The maximum Gasteiger partial charge on any atom is 0.337 e. The molecule has 0 spiro atoms. The molecule has 1 amide bonds. The van der Waals surface area contributed by atoms with Crippen molar-refractivity contribution < 1.29 is 14.3 Å². The maximum atomic E-state index is 12.6. The number of rotatable bonds is 7. The van der Waals surface area contributed by atoms with Gasteiger partial charge in [0.2, 0.25) is 0 Å². The summed E-state index contributed by atoms with van der Waals surface area (Å²) < 4.78 is 4.74. The van der Waals surface area contributed by atoms with Crippen molar-refractivity contribution in [3.8, 4) is 11.1 Å². The number of nitrogens with one attached hydrogen (secondary N) is 2. The molecular weight excluding hydrogens is 426 g/mol. The molecule has 2 aliphatic heterocycles. The molecule has 2 saturated heterocycles. The fourth-order valence-corrected chi connectivity index (χ4v) is 4.98. The molecule has 0 radical (unpaired) electrons. The maximum absolute atomic E-state index is 12.6. The van der Waals surface area contributed by atoms with Gasteiger partial charge in [0, 0.05) is 43.8 Å². The van der Waals surface area contributed by atoms with E-state index in [4.69, 9.17) is 4.74 Å². The minimum atomic E-state index is -0.460. The summed E-state index contributed by atoms with van der Waals surface area (Å²) in [4.78, 5) is 26.9. The molecule has 1 unspecified atom stereocenters. The number of esters is 1. The van der Waals surface area contributed by atoms with Gasteiger partial charge in [0.25, 0.3) is 5.91 Å². The Morgan fingerprint density at radius 1 is 0.971 bits per heavy atom. The van der Waals surface area contributed by atoms with Crippen molar-refractivity contribution in [2.45, 2.75) is 31.6 Å². The summed E-state index contributed by atoms with van der Waals surface area (Å²) in [5.74, 6) is -0.689. The second kappa shape index (κ2) is 9.79. The lowest BCUT2D eigenvalue weighted by atomic mass is 10.0. The van der Waals surface area contributed by atoms with Gasteiger partial charge >= 0.3 is 5.97 Å². The number of likely N-dealkylation sites (tertiary alicyclic amines) is 1. The minimum Gasteiger partial charge on any atom is -0.465 e. The number of carbonyl (C=O) groups is 2. The molecule has 3 aromatic carbocycles. The van der Waals surface area contributed by atoms with E-state index in [0.717, 1.165) is 30.8 Å². The zero-order valence-electron chi connectivity index (χ0n) is 19.3. The van der Waals surface area contributed by atoms with E-state index in [0.29, 0.717) is 29.8 Å². The molecule has 0 aromatic heterocycles. The molecule has 6 heteroatoms. The number of methoxy groups -OCH3 is 1. The van der Waals surface area contributed by atoms with E-state index in [1.807, 2.05) is 12.1 Å². The Labute approximate surface area is 199 Å². The van der Waals surface area contributed by atoms with E-state index in [2.05, 4.69) is 51.9 Å². The molecule has 5 rings (SSSR count). The van der Waals surface area contributed by atoms with Crippen molar-refractivity contribution in [3.63, 3.8) is 0 Å². The van der Waals surface area contributed by atoms with Crippen molar-refractivity contribution in [1.29, 1.82) is 0 Å². The molecule has 34 heavy (non-hydrogen) atoms. The fourth-order valence-electron chi connectivity index (χ4n) is 4.98. The molecule has 3 aromatic rings. The van der Waals surface area contributed by atoms with E-state index in [-0.39, 0.29) is 5.91 Å². The van der Waals surface area contributed by atoms with Crippen LogP contribution in [-0.4, -0.2) is 49.1 Å². The summed E-state index contributed by atoms with van der Waals surface area (Å²) in [6, 6.07) is 24.8. The van der Waals surface area contributed by atoms with Crippen LogP contribution in [0.15, 0.2) is 72.8 Å². The zero-order chi connectivity index (χ0) is 23.5.